The summed E-state index contributed by atoms with van der Waals surface area (Å²) in [7, 11) is 0. The van der Waals surface area contributed by atoms with E-state index in [0.29, 0.717) is 18.1 Å². The lowest BCUT2D eigenvalue weighted by molar-refractivity contribution is 0.938. The molecule has 68 valence electrons. The molecule has 0 saturated carbocycles. The van der Waals surface area contributed by atoms with Crippen molar-refractivity contribution in [3.8, 4) is 11.4 Å². The molecule has 0 bridgehead atoms. The van der Waals surface area contributed by atoms with Crippen molar-refractivity contribution in [1.29, 1.82) is 0 Å². The fraction of sp³-hybridized carbons (Fsp3) is 0.0909. The van der Waals surface area contributed by atoms with Crippen molar-refractivity contribution in [1.82, 2.24) is 15.0 Å². The molecule has 0 spiro atoms. The summed E-state index contributed by atoms with van der Waals surface area (Å²) in [6.07, 6.45) is 1.82. The average Bonchev–Trinajstić information content (AvgIpc) is 2.30. The molecule has 1 aromatic carbocycles. The van der Waals surface area contributed by atoms with Crippen LogP contribution >= 0.6 is 0 Å². The van der Waals surface area contributed by atoms with Crippen LogP contribution in [0.4, 0.5) is 0 Å². The van der Waals surface area contributed by atoms with Gasteiger partial charge in [-0.2, -0.15) is 0 Å². The summed E-state index contributed by atoms with van der Waals surface area (Å²) >= 11 is 0. The van der Waals surface area contributed by atoms with E-state index < -0.39 is 0 Å². The molecule has 3 nitrogen and oxygen atoms in total. The highest BCUT2D eigenvalue weighted by molar-refractivity contribution is 5.53. The fourth-order valence-electron chi connectivity index (χ4n) is 1.15. The normalized spacial score (nSPS) is 10.1. The second kappa shape index (κ2) is 3.96. The zero-order chi connectivity index (χ0) is 9.80. The summed E-state index contributed by atoms with van der Waals surface area (Å²) < 4.78 is 0. The molecule has 0 aliphatic heterocycles. The third kappa shape index (κ3) is 1.76. The second-order valence-electron chi connectivity index (χ2n) is 2.80. The van der Waals surface area contributed by atoms with Gasteiger partial charge in [0, 0.05) is 12.0 Å². The molecule has 2 aromatic rings. The quantitative estimate of drug-likeness (QED) is 0.712. The van der Waals surface area contributed by atoms with E-state index in [1.165, 1.54) is 6.33 Å². The van der Waals surface area contributed by atoms with Gasteiger partial charge in [0.15, 0.2) is 5.82 Å². The lowest BCUT2D eigenvalue weighted by atomic mass is 10.2. The summed E-state index contributed by atoms with van der Waals surface area (Å²) in [6.45, 7) is 5.44. The van der Waals surface area contributed by atoms with E-state index in [4.69, 9.17) is 6.92 Å². The molecule has 0 fully saturated rings. The lowest BCUT2D eigenvalue weighted by Gasteiger charge is -2.00. The van der Waals surface area contributed by atoms with Gasteiger partial charge in [0.25, 0.3) is 0 Å². The number of hydrogen-bond donors (Lipinski definition) is 0. The molecule has 1 heterocycles. The van der Waals surface area contributed by atoms with Gasteiger partial charge in [0.1, 0.15) is 12.2 Å². The fourth-order valence-corrected chi connectivity index (χ4v) is 1.15. The van der Waals surface area contributed by atoms with Crippen LogP contribution in [0.15, 0.2) is 36.7 Å². The van der Waals surface area contributed by atoms with E-state index in [0.717, 1.165) is 5.56 Å². The van der Waals surface area contributed by atoms with Crippen LogP contribution in [0, 0.1) is 6.92 Å². The Bertz CT molecular complexity index is 412. The maximum absolute atomic E-state index is 5.44. The molecule has 0 aliphatic carbocycles. The predicted molar refractivity (Wildman–Crippen MR) is 53.3 cm³/mol. The predicted octanol–water partition coefficient (Wildman–Crippen LogP) is 1.79. The van der Waals surface area contributed by atoms with Crippen LogP contribution in [0.1, 0.15) is 5.82 Å². The Kier molecular flexibility index (Phi) is 2.49. The number of rotatable bonds is 2. The molecular weight excluding hydrogens is 174 g/mol. The zero-order valence-electron chi connectivity index (χ0n) is 7.59. The maximum Gasteiger partial charge on any atom is 0.162 e. The molecule has 2 radical (unpaired) electrons. The highest BCUT2D eigenvalue weighted by Crippen LogP contribution is 2.12. The van der Waals surface area contributed by atoms with Gasteiger partial charge in [-0.05, 0) is 6.92 Å². The Morgan fingerprint density at radius 3 is 2.57 bits per heavy atom. The van der Waals surface area contributed by atoms with Crippen molar-refractivity contribution in [2.75, 3.05) is 0 Å². The molecule has 0 N–H and O–H groups in total. The molecule has 0 amide bonds. The van der Waals surface area contributed by atoms with Crippen LogP contribution in [0.25, 0.3) is 11.4 Å². The molecule has 2 rings (SSSR count). The van der Waals surface area contributed by atoms with Crippen LogP contribution in [0.2, 0.25) is 0 Å². The minimum atomic E-state index is 0.336. The third-order valence-corrected chi connectivity index (χ3v) is 1.84. The summed E-state index contributed by atoms with van der Waals surface area (Å²) in [4.78, 5) is 12.2. The zero-order valence-corrected chi connectivity index (χ0v) is 7.59. The first kappa shape index (κ1) is 8.81. The first-order valence-electron chi connectivity index (χ1n) is 4.33. The van der Waals surface area contributed by atoms with Crippen LogP contribution < -0.4 is 0 Å². The van der Waals surface area contributed by atoms with E-state index >= 15 is 0 Å². The van der Waals surface area contributed by atoms with E-state index in [-0.39, 0.29) is 0 Å². The van der Waals surface area contributed by atoms with E-state index in [9.17, 15) is 0 Å². The van der Waals surface area contributed by atoms with Gasteiger partial charge < -0.3 is 0 Å². The highest BCUT2D eigenvalue weighted by Gasteiger charge is 2.00. The van der Waals surface area contributed by atoms with Crippen molar-refractivity contribution in [2.45, 2.75) is 6.42 Å². The van der Waals surface area contributed by atoms with Gasteiger partial charge in [0.2, 0.25) is 0 Å². The Morgan fingerprint density at radius 2 is 1.86 bits per heavy atom. The van der Waals surface area contributed by atoms with Crippen molar-refractivity contribution >= 4 is 0 Å². The highest BCUT2D eigenvalue weighted by atomic mass is 15.0. The molecule has 0 unspecified atom stereocenters. The van der Waals surface area contributed by atoms with Gasteiger partial charge in [-0.3, -0.25) is 0 Å². The topological polar surface area (TPSA) is 38.7 Å². The van der Waals surface area contributed by atoms with E-state index in [1.807, 2.05) is 30.3 Å². The average molecular weight is 183 g/mol. The van der Waals surface area contributed by atoms with Gasteiger partial charge in [-0.15, -0.1) is 0 Å². The number of aromatic nitrogens is 3. The summed E-state index contributed by atoms with van der Waals surface area (Å²) in [5, 5.41) is 0. The monoisotopic (exact) mass is 183 g/mol. The molecule has 0 atom stereocenters. The second-order valence-corrected chi connectivity index (χ2v) is 2.80. The molecule has 1 aromatic heterocycles. The number of nitrogens with zero attached hydrogens (tertiary/aromatic N) is 3. The van der Waals surface area contributed by atoms with E-state index in [2.05, 4.69) is 15.0 Å². The van der Waals surface area contributed by atoms with Crippen molar-refractivity contribution in [2.24, 2.45) is 0 Å². The first-order valence-corrected chi connectivity index (χ1v) is 4.33. The van der Waals surface area contributed by atoms with Crippen LogP contribution in [0.3, 0.4) is 0 Å². The van der Waals surface area contributed by atoms with E-state index in [1.54, 1.807) is 0 Å². The Hall–Kier alpha value is -1.77. The largest absolute Gasteiger partial charge is 0.221 e. The lowest BCUT2D eigenvalue weighted by Crippen LogP contribution is -1.97. The van der Waals surface area contributed by atoms with Crippen molar-refractivity contribution < 1.29 is 0 Å². The molecule has 14 heavy (non-hydrogen) atoms. The summed E-state index contributed by atoms with van der Waals surface area (Å²) in [6, 6.07) is 9.75. The summed E-state index contributed by atoms with van der Waals surface area (Å²) in [5.41, 5.74) is 0.976. The van der Waals surface area contributed by atoms with Crippen LogP contribution in [-0.4, -0.2) is 15.0 Å². The number of hydrogen-bond acceptors (Lipinski definition) is 3. The van der Waals surface area contributed by atoms with Gasteiger partial charge in [-0.1, -0.05) is 30.3 Å². The van der Waals surface area contributed by atoms with Crippen molar-refractivity contribution in [3.63, 3.8) is 0 Å². The summed E-state index contributed by atoms with van der Waals surface area (Å²) in [5.74, 6) is 1.28. The molecule has 3 heteroatoms. The van der Waals surface area contributed by atoms with Crippen LogP contribution in [-0.2, 0) is 6.42 Å². The first-order chi connectivity index (χ1) is 6.90. The molecule has 0 saturated heterocycles. The van der Waals surface area contributed by atoms with Crippen molar-refractivity contribution in [3.05, 3.63) is 49.4 Å². The van der Waals surface area contributed by atoms with Gasteiger partial charge in [0.05, 0.1) is 0 Å². The standard InChI is InChI=1S/C11H9N3/c1-2-10-12-8-13-11(14-10)9-6-4-3-5-7-9/h1,3-8H,2H2. The Morgan fingerprint density at radius 1 is 1.07 bits per heavy atom. The van der Waals surface area contributed by atoms with Crippen LogP contribution in [0.5, 0.6) is 0 Å². The Labute approximate surface area is 82.9 Å². The maximum atomic E-state index is 5.44. The molecular formula is C11H9N3. The minimum absolute atomic E-state index is 0.336. The third-order valence-electron chi connectivity index (χ3n) is 1.84. The van der Waals surface area contributed by atoms with Gasteiger partial charge in [-0.25, -0.2) is 15.0 Å². The minimum Gasteiger partial charge on any atom is -0.221 e. The molecule has 0 aliphatic rings. The Balaban J connectivity index is 2.42. The SMILES string of the molecule is [CH]Cc1ncnc(-c2ccccc2)n1. The van der Waals surface area contributed by atoms with Gasteiger partial charge >= 0.3 is 0 Å². The smallest absolute Gasteiger partial charge is 0.162 e. The number of benzene rings is 1.